The highest BCUT2D eigenvalue weighted by Crippen LogP contribution is 2.24. The Balaban J connectivity index is 1.86. The number of rotatable bonds is 3. The normalized spacial score (nSPS) is 24.2. The van der Waals surface area contributed by atoms with E-state index in [2.05, 4.69) is 24.2 Å². The van der Waals surface area contributed by atoms with Crippen molar-refractivity contribution in [3.8, 4) is 0 Å². The van der Waals surface area contributed by atoms with Gasteiger partial charge in [0, 0.05) is 38.8 Å². The van der Waals surface area contributed by atoms with Gasteiger partial charge in [-0.25, -0.2) is 8.42 Å². The van der Waals surface area contributed by atoms with Gasteiger partial charge < -0.3 is 10.2 Å². The second-order valence-electron chi connectivity index (χ2n) is 5.94. The van der Waals surface area contributed by atoms with Crippen LogP contribution < -0.4 is 5.32 Å². The Bertz CT molecular complexity index is 630. The van der Waals surface area contributed by atoms with Crippen molar-refractivity contribution in [3.63, 3.8) is 0 Å². The largest absolute Gasteiger partial charge is 0.309 e. The summed E-state index contributed by atoms with van der Waals surface area (Å²) in [4.78, 5) is 2.68. The summed E-state index contributed by atoms with van der Waals surface area (Å²) in [5.74, 6) is 0. The zero-order chi connectivity index (χ0) is 15.0. The third kappa shape index (κ3) is 2.73. The van der Waals surface area contributed by atoms with E-state index < -0.39 is 10.0 Å². The molecule has 0 radical (unpaired) electrons. The molecule has 3 rings (SSSR count). The molecular weight excluding hydrogens is 286 g/mol. The molecule has 1 saturated heterocycles. The molecule has 1 fully saturated rings. The first-order valence-electron chi connectivity index (χ1n) is 7.55. The summed E-state index contributed by atoms with van der Waals surface area (Å²) >= 11 is 0. The summed E-state index contributed by atoms with van der Waals surface area (Å²) in [5.41, 5.74) is 2.32. The molecule has 2 aliphatic heterocycles. The van der Waals surface area contributed by atoms with Crippen LogP contribution in [0.15, 0.2) is 23.1 Å². The van der Waals surface area contributed by atoms with Crippen molar-refractivity contribution in [2.45, 2.75) is 37.4 Å². The van der Waals surface area contributed by atoms with Crippen LogP contribution in [0.2, 0.25) is 0 Å². The summed E-state index contributed by atoms with van der Waals surface area (Å²) in [6, 6.07) is 5.84. The van der Waals surface area contributed by atoms with Crippen molar-refractivity contribution in [3.05, 3.63) is 29.3 Å². The van der Waals surface area contributed by atoms with Gasteiger partial charge in [-0.2, -0.15) is 4.31 Å². The lowest BCUT2D eigenvalue weighted by Gasteiger charge is -2.38. The fraction of sp³-hybridized carbons (Fsp3) is 0.600. The summed E-state index contributed by atoms with van der Waals surface area (Å²) in [5, 5.41) is 3.25. The highest BCUT2D eigenvalue weighted by molar-refractivity contribution is 7.89. The molecule has 1 N–H and O–H groups in total. The number of benzene rings is 1. The number of likely N-dealkylation sites (N-methyl/N-ethyl adjacent to an activating group) is 1. The molecule has 1 atom stereocenters. The van der Waals surface area contributed by atoms with Gasteiger partial charge in [-0.15, -0.1) is 0 Å². The maximum atomic E-state index is 12.8. The molecule has 2 aliphatic rings. The molecular formula is C15H23N3O2S. The van der Waals surface area contributed by atoms with Crippen molar-refractivity contribution in [2.75, 3.05) is 26.7 Å². The zero-order valence-corrected chi connectivity index (χ0v) is 13.5. The smallest absolute Gasteiger partial charge is 0.243 e. The Hall–Kier alpha value is -0.950. The van der Waals surface area contributed by atoms with Crippen LogP contribution in [0.3, 0.4) is 0 Å². The van der Waals surface area contributed by atoms with Crippen molar-refractivity contribution < 1.29 is 8.42 Å². The maximum absolute atomic E-state index is 12.8. The highest BCUT2D eigenvalue weighted by atomic mass is 32.2. The van der Waals surface area contributed by atoms with Crippen LogP contribution in [0.25, 0.3) is 0 Å². The van der Waals surface area contributed by atoms with Gasteiger partial charge in [0.1, 0.15) is 0 Å². The van der Waals surface area contributed by atoms with Crippen LogP contribution in [0.1, 0.15) is 24.5 Å². The van der Waals surface area contributed by atoms with Gasteiger partial charge in [-0.05, 0) is 36.7 Å². The minimum Gasteiger partial charge on any atom is -0.309 e. The average Bonchev–Trinajstić information content (AvgIpc) is 2.94. The predicted molar refractivity (Wildman–Crippen MR) is 82.5 cm³/mol. The number of fused-ring (bicyclic) bond motifs is 1. The van der Waals surface area contributed by atoms with E-state index in [0.29, 0.717) is 24.0 Å². The zero-order valence-electron chi connectivity index (χ0n) is 12.7. The van der Waals surface area contributed by atoms with Crippen LogP contribution >= 0.6 is 0 Å². The van der Waals surface area contributed by atoms with E-state index in [1.165, 1.54) is 5.56 Å². The second-order valence-corrected chi connectivity index (χ2v) is 7.88. The first kappa shape index (κ1) is 15.0. The van der Waals surface area contributed by atoms with Crippen molar-refractivity contribution >= 4 is 10.0 Å². The summed E-state index contributed by atoms with van der Waals surface area (Å²) in [7, 11) is -1.30. The van der Waals surface area contributed by atoms with E-state index in [4.69, 9.17) is 0 Å². The number of nitrogens with zero attached hydrogens (tertiary/aromatic N) is 2. The minimum atomic E-state index is -3.37. The van der Waals surface area contributed by atoms with Crippen molar-refractivity contribution in [1.82, 2.24) is 14.5 Å². The van der Waals surface area contributed by atoms with Gasteiger partial charge in [-0.1, -0.05) is 13.0 Å². The van der Waals surface area contributed by atoms with E-state index in [-0.39, 0.29) is 0 Å². The van der Waals surface area contributed by atoms with Crippen LogP contribution in [-0.2, 0) is 23.1 Å². The molecule has 21 heavy (non-hydrogen) atoms. The van der Waals surface area contributed by atoms with E-state index >= 15 is 0 Å². The standard InChI is InChI=1S/C15H23N3O2S/c1-3-14-11-18(7-6-17(14)2)21(19,20)15-5-4-12-9-16-10-13(12)8-15/h4-5,8,14,16H,3,6-7,9-11H2,1-2H3. The molecule has 2 heterocycles. The van der Waals surface area contributed by atoms with Crippen LogP contribution in [-0.4, -0.2) is 50.3 Å². The molecule has 0 bridgehead atoms. The van der Waals surface area contributed by atoms with Crippen molar-refractivity contribution in [1.29, 1.82) is 0 Å². The molecule has 1 aromatic rings. The molecule has 1 aromatic carbocycles. The summed E-state index contributed by atoms with van der Waals surface area (Å²) in [6.07, 6.45) is 0.969. The topological polar surface area (TPSA) is 52.7 Å². The summed E-state index contributed by atoms with van der Waals surface area (Å²) in [6.45, 7) is 5.67. The lowest BCUT2D eigenvalue weighted by atomic mass is 10.1. The second kappa shape index (κ2) is 5.68. The third-order valence-electron chi connectivity index (χ3n) is 4.66. The van der Waals surface area contributed by atoms with Crippen LogP contribution in [0, 0.1) is 0 Å². The molecule has 0 amide bonds. The van der Waals surface area contributed by atoms with Gasteiger partial charge in [0.05, 0.1) is 4.90 Å². The lowest BCUT2D eigenvalue weighted by molar-refractivity contribution is 0.144. The van der Waals surface area contributed by atoms with Gasteiger partial charge in [0.15, 0.2) is 0 Å². The molecule has 0 saturated carbocycles. The average molecular weight is 309 g/mol. The highest BCUT2D eigenvalue weighted by Gasteiger charge is 2.32. The number of hydrogen-bond acceptors (Lipinski definition) is 4. The molecule has 116 valence electrons. The van der Waals surface area contributed by atoms with Gasteiger partial charge in [0.25, 0.3) is 0 Å². The molecule has 0 spiro atoms. The Kier molecular flexibility index (Phi) is 4.05. The van der Waals surface area contributed by atoms with Crippen LogP contribution in [0.4, 0.5) is 0 Å². The third-order valence-corrected chi connectivity index (χ3v) is 6.52. The minimum absolute atomic E-state index is 0.310. The fourth-order valence-corrected chi connectivity index (χ4v) is 4.68. The molecule has 5 nitrogen and oxygen atoms in total. The quantitative estimate of drug-likeness (QED) is 0.905. The number of hydrogen-bond donors (Lipinski definition) is 1. The molecule has 1 unspecified atom stereocenters. The van der Waals surface area contributed by atoms with Gasteiger partial charge in [0.2, 0.25) is 10.0 Å². The first-order valence-corrected chi connectivity index (χ1v) is 8.99. The van der Waals surface area contributed by atoms with Gasteiger partial charge >= 0.3 is 0 Å². The fourth-order valence-electron chi connectivity index (χ4n) is 3.16. The van der Waals surface area contributed by atoms with Crippen LogP contribution in [0.5, 0.6) is 0 Å². The molecule has 0 aliphatic carbocycles. The van der Waals surface area contributed by atoms with E-state index in [1.54, 1.807) is 10.4 Å². The summed E-state index contributed by atoms with van der Waals surface area (Å²) < 4.78 is 27.3. The number of sulfonamides is 1. The Morgan fingerprint density at radius 2 is 2.00 bits per heavy atom. The SMILES string of the molecule is CCC1CN(S(=O)(=O)c2ccc3c(c2)CNC3)CCN1C. The molecule has 6 heteroatoms. The first-order chi connectivity index (χ1) is 10.0. The Morgan fingerprint density at radius 1 is 1.24 bits per heavy atom. The van der Waals surface area contributed by atoms with E-state index in [1.807, 2.05) is 12.1 Å². The number of piperazine rings is 1. The van der Waals surface area contributed by atoms with E-state index in [0.717, 1.165) is 31.6 Å². The molecule has 0 aromatic heterocycles. The van der Waals surface area contributed by atoms with E-state index in [9.17, 15) is 8.42 Å². The van der Waals surface area contributed by atoms with Crippen molar-refractivity contribution in [2.24, 2.45) is 0 Å². The lowest BCUT2D eigenvalue weighted by Crippen LogP contribution is -2.52. The predicted octanol–water partition coefficient (Wildman–Crippen LogP) is 1.00. The van der Waals surface area contributed by atoms with Gasteiger partial charge in [-0.3, -0.25) is 0 Å². The Labute approximate surface area is 127 Å². The maximum Gasteiger partial charge on any atom is 0.243 e. The monoisotopic (exact) mass is 309 g/mol. The Morgan fingerprint density at radius 3 is 2.76 bits per heavy atom. The number of nitrogens with one attached hydrogen (secondary N) is 1.